The Morgan fingerprint density at radius 1 is 1.30 bits per heavy atom. The first kappa shape index (κ1) is 18.7. The van der Waals surface area contributed by atoms with Crippen molar-refractivity contribution in [1.29, 1.82) is 0 Å². The second-order valence-corrected chi connectivity index (χ2v) is 4.03. The predicted octanol–water partition coefficient (Wildman–Crippen LogP) is 3.67. The van der Waals surface area contributed by atoms with Crippen molar-refractivity contribution in [2.75, 3.05) is 7.18 Å². The highest BCUT2D eigenvalue weighted by Gasteiger charge is 2.36. The van der Waals surface area contributed by atoms with Crippen LogP contribution in [0, 0.1) is 0 Å². The molecule has 0 spiro atoms. The fraction of sp³-hybridized carbons (Fsp3) is 0.308. The van der Waals surface area contributed by atoms with E-state index in [0.717, 1.165) is 24.3 Å². The van der Waals surface area contributed by atoms with Crippen LogP contribution in [0.5, 0.6) is 11.5 Å². The van der Waals surface area contributed by atoms with Crippen LogP contribution in [-0.4, -0.2) is 37.1 Å². The number of ether oxygens (including phenoxy) is 2. The highest BCUT2D eigenvalue weighted by Crippen LogP contribution is 2.35. The Balaban J connectivity index is 0.00000127. The van der Waals surface area contributed by atoms with Crippen LogP contribution >= 0.6 is 0 Å². The lowest BCUT2D eigenvalue weighted by Crippen LogP contribution is -2.33. The summed E-state index contributed by atoms with van der Waals surface area (Å²) in [6, 6.07) is 2.74. The number of fused-ring (bicyclic) bond motifs is 1. The summed E-state index contributed by atoms with van der Waals surface area (Å²) in [5, 5.41) is 8.85. The third-order valence-electron chi connectivity index (χ3n) is 2.56. The van der Waals surface area contributed by atoms with Gasteiger partial charge in [-0.1, -0.05) is 0 Å². The Hall–Kier alpha value is -2.39. The minimum atomic E-state index is -4.92. The van der Waals surface area contributed by atoms with Crippen LogP contribution < -0.4 is 9.47 Å². The third kappa shape index (κ3) is 4.80. The molecule has 1 N–H and O–H groups in total. The Morgan fingerprint density at radius 2 is 1.91 bits per heavy atom. The van der Waals surface area contributed by atoms with Gasteiger partial charge < -0.3 is 14.6 Å². The van der Waals surface area contributed by atoms with E-state index in [0.29, 0.717) is 7.18 Å². The molecule has 0 aliphatic carbocycles. The second kappa shape index (κ2) is 7.25. The first-order valence-corrected chi connectivity index (χ1v) is 5.84. The van der Waals surface area contributed by atoms with Crippen LogP contribution in [0.2, 0.25) is 0 Å². The van der Waals surface area contributed by atoms with Gasteiger partial charge in [0.25, 0.3) is 6.43 Å². The summed E-state index contributed by atoms with van der Waals surface area (Å²) in [7, 11) is 0.500. The highest BCUT2D eigenvalue weighted by atomic mass is 19.4. The van der Waals surface area contributed by atoms with Crippen LogP contribution in [0.4, 0.5) is 26.3 Å². The van der Waals surface area contributed by atoms with E-state index < -0.39 is 36.2 Å². The number of carboxylic acids is 1. The quantitative estimate of drug-likeness (QED) is 0.850. The van der Waals surface area contributed by atoms with Gasteiger partial charge in [0.05, 0.1) is 12.8 Å². The van der Waals surface area contributed by atoms with Crippen molar-refractivity contribution in [3.05, 3.63) is 29.3 Å². The van der Waals surface area contributed by atoms with E-state index in [1.165, 1.54) is 0 Å². The van der Waals surface area contributed by atoms with E-state index in [4.69, 9.17) is 9.84 Å². The SMILES string of the molecule is CF.O=C(O)C1=Cc2cc(OC(F)(F)F)ccc2OC1C(F)F. The lowest BCUT2D eigenvalue weighted by molar-refractivity contribution is -0.274. The maximum atomic E-state index is 12.7. The Kier molecular flexibility index (Phi) is 5.88. The minimum Gasteiger partial charge on any atom is -0.479 e. The van der Waals surface area contributed by atoms with Crippen molar-refractivity contribution >= 4 is 12.0 Å². The summed E-state index contributed by atoms with van der Waals surface area (Å²) >= 11 is 0. The smallest absolute Gasteiger partial charge is 0.479 e. The molecule has 0 bridgehead atoms. The molecule has 1 aromatic carbocycles. The van der Waals surface area contributed by atoms with Crippen molar-refractivity contribution in [3.63, 3.8) is 0 Å². The molecule has 1 atom stereocenters. The fourth-order valence-corrected chi connectivity index (χ4v) is 1.76. The zero-order chi connectivity index (χ0) is 17.8. The van der Waals surface area contributed by atoms with Gasteiger partial charge in [0.1, 0.15) is 11.5 Å². The number of benzene rings is 1. The zero-order valence-corrected chi connectivity index (χ0v) is 11.4. The molecule has 1 unspecified atom stereocenters. The molecule has 1 aromatic rings. The third-order valence-corrected chi connectivity index (χ3v) is 2.56. The molecule has 0 fully saturated rings. The van der Waals surface area contributed by atoms with E-state index in [1.54, 1.807) is 0 Å². The topological polar surface area (TPSA) is 55.8 Å². The maximum Gasteiger partial charge on any atom is 0.573 e. The standard InChI is InChI=1S/C12H7F5O4.CH3F/c13-10(14)9-7(11(18)19)4-5-3-6(21-12(15,16)17)1-2-8(5)20-9;1-2/h1-4,9-10H,(H,18,19);1H3. The number of carbonyl (C=O) groups is 1. The monoisotopic (exact) mass is 344 g/mol. The molecule has 0 radical (unpaired) electrons. The van der Waals surface area contributed by atoms with Crippen LogP contribution in [0.25, 0.3) is 6.08 Å². The van der Waals surface area contributed by atoms with Crippen LogP contribution in [0.1, 0.15) is 5.56 Å². The highest BCUT2D eigenvalue weighted by molar-refractivity contribution is 5.95. The first-order valence-electron chi connectivity index (χ1n) is 5.84. The normalized spacial score (nSPS) is 16.5. The minimum absolute atomic E-state index is 0.0916. The molecule has 2 rings (SSSR count). The first-order chi connectivity index (χ1) is 10.7. The average molecular weight is 344 g/mol. The molecule has 4 nitrogen and oxygen atoms in total. The van der Waals surface area contributed by atoms with Gasteiger partial charge in [-0.2, -0.15) is 0 Å². The van der Waals surface area contributed by atoms with Gasteiger partial charge in [-0.15, -0.1) is 13.2 Å². The molecular weight excluding hydrogens is 334 g/mol. The number of alkyl halides is 6. The van der Waals surface area contributed by atoms with Crippen LogP contribution in [0.15, 0.2) is 23.8 Å². The summed E-state index contributed by atoms with van der Waals surface area (Å²) in [5.41, 5.74) is -0.840. The van der Waals surface area contributed by atoms with Gasteiger partial charge in [0, 0.05) is 5.56 Å². The number of rotatable bonds is 3. The van der Waals surface area contributed by atoms with Crippen molar-refractivity contribution in [2.24, 2.45) is 0 Å². The fourth-order valence-electron chi connectivity index (χ4n) is 1.76. The molecule has 1 aliphatic heterocycles. The second-order valence-electron chi connectivity index (χ2n) is 4.03. The van der Waals surface area contributed by atoms with Gasteiger partial charge in [0.15, 0.2) is 6.10 Å². The summed E-state index contributed by atoms with van der Waals surface area (Å²) < 4.78 is 79.7. The van der Waals surface area contributed by atoms with Crippen molar-refractivity contribution < 1.29 is 45.7 Å². The summed E-state index contributed by atoms with van der Waals surface area (Å²) in [6.07, 6.45) is -9.16. The maximum absolute atomic E-state index is 12.7. The Bertz CT molecular complexity index is 597. The molecule has 0 saturated carbocycles. The summed E-state index contributed by atoms with van der Waals surface area (Å²) in [6.45, 7) is 0. The lowest BCUT2D eigenvalue weighted by atomic mass is 10.0. The number of hydrogen-bond donors (Lipinski definition) is 1. The van der Waals surface area contributed by atoms with E-state index in [9.17, 15) is 31.1 Å². The molecule has 1 heterocycles. The van der Waals surface area contributed by atoms with Crippen molar-refractivity contribution in [2.45, 2.75) is 18.9 Å². The van der Waals surface area contributed by atoms with E-state index >= 15 is 0 Å². The Morgan fingerprint density at radius 3 is 2.39 bits per heavy atom. The molecule has 1 aliphatic rings. The molecule has 0 saturated heterocycles. The molecule has 10 heteroatoms. The van der Waals surface area contributed by atoms with Crippen LogP contribution in [0.3, 0.4) is 0 Å². The average Bonchev–Trinajstić information content (AvgIpc) is 2.46. The molecule has 128 valence electrons. The zero-order valence-electron chi connectivity index (χ0n) is 11.4. The van der Waals surface area contributed by atoms with Crippen molar-refractivity contribution in [3.8, 4) is 11.5 Å². The number of halogens is 6. The largest absolute Gasteiger partial charge is 0.573 e. The van der Waals surface area contributed by atoms with Gasteiger partial charge in [-0.25, -0.2) is 13.6 Å². The molecule has 0 amide bonds. The molecule has 23 heavy (non-hydrogen) atoms. The summed E-state index contributed by atoms with van der Waals surface area (Å²) in [4.78, 5) is 10.9. The van der Waals surface area contributed by atoms with E-state index in [-0.39, 0.29) is 11.3 Å². The van der Waals surface area contributed by atoms with Crippen molar-refractivity contribution in [1.82, 2.24) is 0 Å². The van der Waals surface area contributed by atoms with E-state index in [2.05, 4.69) is 4.74 Å². The van der Waals surface area contributed by atoms with Gasteiger partial charge >= 0.3 is 12.3 Å². The molecule has 0 aromatic heterocycles. The van der Waals surface area contributed by atoms with Crippen LogP contribution in [-0.2, 0) is 4.79 Å². The molecular formula is C13H10F6O4. The van der Waals surface area contributed by atoms with Gasteiger partial charge in [-0.05, 0) is 24.3 Å². The number of aliphatic carboxylic acids is 1. The van der Waals surface area contributed by atoms with E-state index in [1.807, 2.05) is 0 Å². The number of carboxylic acid groups (broad SMARTS) is 1. The lowest BCUT2D eigenvalue weighted by Gasteiger charge is -2.25. The van der Waals surface area contributed by atoms with Gasteiger partial charge in [-0.3, -0.25) is 4.39 Å². The predicted molar refractivity (Wildman–Crippen MR) is 66.2 cm³/mol. The number of hydrogen-bond acceptors (Lipinski definition) is 3. The summed E-state index contributed by atoms with van der Waals surface area (Å²) in [5.74, 6) is -2.41. The van der Waals surface area contributed by atoms with Gasteiger partial charge in [0.2, 0.25) is 0 Å². The Labute approximate surface area is 125 Å².